The molecule has 186 valence electrons. The molecule has 0 saturated carbocycles. The first-order chi connectivity index (χ1) is 17.0. The van der Waals surface area contributed by atoms with Crippen molar-refractivity contribution in [2.45, 2.75) is 19.6 Å². The van der Waals surface area contributed by atoms with Crippen molar-refractivity contribution >= 4 is 29.1 Å². The number of oxazole rings is 1. The number of rotatable bonds is 10. The molecule has 0 bridgehead atoms. The highest BCUT2D eigenvalue weighted by Gasteiger charge is 2.17. The van der Waals surface area contributed by atoms with Crippen LogP contribution < -0.4 is 5.32 Å². The first-order valence-electron chi connectivity index (χ1n) is 11.4. The number of carbonyl (C=O) groups excluding carboxylic acids is 1. The van der Waals surface area contributed by atoms with Gasteiger partial charge in [0.15, 0.2) is 5.69 Å². The lowest BCUT2D eigenvalue weighted by molar-refractivity contribution is 0.0383. The molecular weight excluding hydrogens is 494 g/mol. The Labute approximate surface area is 213 Å². The normalized spacial score (nSPS) is 14.4. The van der Waals surface area contributed by atoms with Crippen LogP contribution in [-0.4, -0.2) is 60.1 Å². The van der Waals surface area contributed by atoms with E-state index in [1.807, 2.05) is 11.0 Å². The van der Waals surface area contributed by atoms with Crippen molar-refractivity contribution in [3.05, 3.63) is 87.3 Å². The second-order valence-electron chi connectivity index (χ2n) is 8.34. The third-order valence-electron chi connectivity index (χ3n) is 5.69. The molecule has 1 fully saturated rings. The molecular formula is C25H27Cl2FN4O3. The summed E-state index contributed by atoms with van der Waals surface area (Å²) in [5, 5.41) is 3.99. The molecule has 4 rings (SSSR count). The summed E-state index contributed by atoms with van der Waals surface area (Å²) in [6.45, 7) is 5.76. The van der Waals surface area contributed by atoms with E-state index in [4.69, 9.17) is 32.4 Å². The average Bonchev–Trinajstić information content (AvgIpc) is 3.31. The summed E-state index contributed by atoms with van der Waals surface area (Å²) in [6, 6.07) is 11.7. The van der Waals surface area contributed by atoms with Gasteiger partial charge < -0.3 is 14.5 Å². The highest BCUT2D eigenvalue weighted by molar-refractivity contribution is 6.35. The van der Waals surface area contributed by atoms with E-state index in [9.17, 15) is 9.18 Å². The Morgan fingerprint density at radius 3 is 2.60 bits per heavy atom. The summed E-state index contributed by atoms with van der Waals surface area (Å²) >= 11 is 12.4. The van der Waals surface area contributed by atoms with Gasteiger partial charge in [0, 0.05) is 49.3 Å². The fourth-order valence-corrected chi connectivity index (χ4v) is 4.30. The van der Waals surface area contributed by atoms with Gasteiger partial charge in [0.05, 0.1) is 19.8 Å². The lowest BCUT2D eigenvalue weighted by Crippen LogP contribution is -2.41. The number of morpholine rings is 1. The maximum absolute atomic E-state index is 13.4. The third kappa shape index (κ3) is 7.75. The summed E-state index contributed by atoms with van der Waals surface area (Å²) in [4.78, 5) is 21.2. The van der Waals surface area contributed by atoms with Crippen LogP contribution in [0.25, 0.3) is 0 Å². The van der Waals surface area contributed by atoms with E-state index in [-0.39, 0.29) is 17.4 Å². The van der Waals surface area contributed by atoms with Gasteiger partial charge in [-0.15, -0.1) is 0 Å². The van der Waals surface area contributed by atoms with Crippen LogP contribution in [-0.2, 0) is 24.4 Å². The molecule has 0 unspecified atom stereocenters. The Kier molecular flexibility index (Phi) is 9.12. The molecule has 10 heteroatoms. The molecule has 2 aromatic carbocycles. The molecule has 1 N–H and O–H groups in total. The number of carbonyl (C=O) groups is 1. The maximum Gasteiger partial charge on any atom is 0.273 e. The molecule has 1 amide bonds. The molecule has 2 heterocycles. The van der Waals surface area contributed by atoms with E-state index < -0.39 is 0 Å². The lowest BCUT2D eigenvalue weighted by atomic mass is 10.1. The third-order valence-corrected chi connectivity index (χ3v) is 6.28. The molecule has 1 aromatic heterocycles. The summed E-state index contributed by atoms with van der Waals surface area (Å²) < 4.78 is 24.3. The van der Waals surface area contributed by atoms with Crippen molar-refractivity contribution in [3.8, 4) is 0 Å². The van der Waals surface area contributed by atoms with Gasteiger partial charge >= 0.3 is 0 Å². The summed E-state index contributed by atoms with van der Waals surface area (Å²) in [6.07, 6.45) is 1.37. The predicted molar refractivity (Wildman–Crippen MR) is 132 cm³/mol. The number of nitrogens with one attached hydrogen (secondary N) is 1. The topological polar surface area (TPSA) is 70.8 Å². The first-order valence-corrected chi connectivity index (χ1v) is 12.2. The van der Waals surface area contributed by atoms with E-state index in [0.717, 1.165) is 44.0 Å². The van der Waals surface area contributed by atoms with Gasteiger partial charge in [-0.1, -0.05) is 41.4 Å². The SMILES string of the molecule is O=C(NCCN1CCOCC1)c1coc(CN(Cc2ccc(F)cc2)Cc2ccc(Cl)cc2Cl)n1. The molecule has 35 heavy (non-hydrogen) atoms. The van der Waals surface area contributed by atoms with Crippen molar-refractivity contribution in [2.24, 2.45) is 0 Å². The zero-order valence-electron chi connectivity index (χ0n) is 19.2. The molecule has 0 radical (unpaired) electrons. The van der Waals surface area contributed by atoms with E-state index in [1.165, 1.54) is 18.4 Å². The molecule has 0 atom stereocenters. The van der Waals surface area contributed by atoms with Crippen molar-refractivity contribution < 1.29 is 18.3 Å². The molecule has 1 saturated heterocycles. The van der Waals surface area contributed by atoms with Gasteiger partial charge in [-0.2, -0.15) is 0 Å². The largest absolute Gasteiger partial charge is 0.447 e. The average molecular weight is 521 g/mol. The van der Waals surface area contributed by atoms with Crippen LogP contribution in [0, 0.1) is 5.82 Å². The minimum Gasteiger partial charge on any atom is -0.447 e. The monoisotopic (exact) mass is 520 g/mol. The number of hydrogen-bond acceptors (Lipinski definition) is 6. The van der Waals surface area contributed by atoms with Crippen molar-refractivity contribution in [2.75, 3.05) is 39.4 Å². The molecule has 7 nitrogen and oxygen atoms in total. The molecule has 1 aliphatic rings. The summed E-state index contributed by atoms with van der Waals surface area (Å²) in [5.74, 6) is -0.173. The minimum absolute atomic E-state index is 0.230. The van der Waals surface area contributed by atoms with Crippen molar-refractivity contribution in [1.29, 1.82) is 0 Å². The van der Waals surface area contributed by atoms with Crippen LogP contribution in [0.5, 0.6) is 0 Å². The minimum atomic E-state index is -0.293. The fraction of sp³-hybridized carbons (Fsp3) is 0.360. The van der Waals surface area contributed by atoms with Gasteiger partial charge in [-0.25, -0.2) is 9.37 Å². The highest BCUT2D eigenvalue weighted by Crippen LogP contribution is 2.24. The van der Waals surface area contributed by atoms with Crippen molar-refractivity contribution in [3.63, 3.8) is 0 Å². The molecule has 0 spiro atoms. The number of aromatic nitrogens is 1. The standard InChI is InChI=1S/C25H27Cl2FN4O3/c26-20-4-3-19(22(27)13-20)15-32(14-18-1-5-21(28)6-2-18)16-24-30-23(17-35-24)25(33)29-7-8-31-9-11-34-12-10-31/h1-6,13,17H,7-12,14-16H2,(H,29,33). The number of nitrogens with zero attached hydrogens (tertiary/aromatic N) is 3. The van der Waals surface area contributed by atoms with Gasteiger partial charge in [0.1, 0.15) is 12.1 Å². The van der Waals surface area contributed by atoms with Gasteiger partial charge in [0.25, 0.3) is 5.91 Å². The Hall–Kier alpha value is -2.49. The predicted octanol–water partition coefficient (Wildman–Crippen LogP) is 4.38. The molecule has 0 aliphatic carbocycles. The first kappa shape index (κ1) is 25.6. The van der Waals surface area contributed by atoms with Gasteiger partial charge in [0.2, 0.25) is 5.89 Å². The van der Waals surface area contributed by atoms with E-state index in [1.54, 1.807) is 24.3 Å². The highest BCUT2D eigenvalue weighted by atomic mass is 35.5. The molecule has 1 aliphatic heterocycles. The van der Waals surface area contributed by atoms with Crippen LogP contribution in [0.3, 0.4) is 0 Å². The Balaban J connectivity index is 1.39. The summed E-state index contributed by atoms with van der Waals surface area (Å²) in [5.41, 5.74) is 2.03. The zero-order chi connectivity index (χ0) is 24.6. The Morgan fingerprint density at radius 1 is 1.09 bits per heavy atom. The molecule has 3 aromatic rings. The zero-order valence-corrected chi connectivity index (χ0v) is 20.7. The second-order valence-corrected chi connectivity index (χ2v) is 9.19. The van der Waals surface area contributed by atoms with E-state index in [2.05, 4.69) is 15.2 Å². The van der Waals surface area contributed by atoms with Crippen LogP contribution in [0.2, 0.25) is 10.0 Å². The van der Waals surface area contributed by atoms with Crippen LogP contribution in [0.15, 0.2) is 53.1 Å². The maximum atomic E-state index is 13.4. The number of amides is 1. The fourth-order valence-electron chi connectivity index (χ4n) is 3.83. The number of halogens is 3. The smallest absolute Gasteiger partial charge is 0.273 e. The Bertz CT molecular complexity index is 1120. The van der Waals surface area contributed by atoms with Gasteiger partial charge in [-0.05, 0) is 35.4 Å². The van der Waals surface area contributed by atoms with Gasteiger partial charge in [-0.3, -0.25) is 14.6 Å². The van der Waals surface area contributed by atoms with E-state index >= 15 is 0 Å². The van der Waals surface area contributed by atoms with Crippen LogP contribution in [0.1, 0.15) is 27.5 Å². The lowest BCUT2D eigenvalue weighted by Gasteiger charge is -2.26. The Morgan fingerprint density at radius 2 is 1.86 bits per heavy atom. The quantitative estimate of drug-likeness (QED) is 0.427. The number of benzene rings is 2. The second kappa shape index (κ2) is 12.5. The van der Waals surface area contributed by atoms with Crippen molar-refractivity contribution in [1.82, 2.24) is 20.1 Å². The van der Waals surface area contributed by atoms with Crippen LogP contribution >= 0.6 is 23.2 Å². The summed E-state index contributed by atoms with van der Waals surface area (Å²) in [7, 11) is 0. The number of ether oxygens (including phenoxy) is 1. The van der Waals surface area contributed by atoms with E-state index in [0.29, 0.717) is 42.1 Å². The number of hydrogen-bond donors (Lipinski definition) is 1. The van der Waals surface area contributed by atoms with Crippen LogP contribution in [0.4, 0.5) is 4.39 Å².